The van der Waals surface area contributed by atoms with Crippen molar-refractivity contribution >= 4 is 39.4 Å². The average Bonchev–Trinajstić information content (AvgIpc) is 2.54. The van der Waals surface area contributed by atoms with E-state index in [4.69, 9.17) is 0 Å². The van der Waals surface area contributed by atoms with Crippen molar-refractivity contribution in [3.05, 3.63) is 10.7 Å². The van der Waals surface area contributed by atoms with Crippen molar-refractivity contribution in [2.75, 3.05) is 37.3 Å². The molecule has 0 bridgehead atoms. The number of piperazine rings is 1. The van der Waals surface area contributed by atoms with Gasteiger partial charge in [0.25, 0.3) is 0 Å². The van der Waals surface area contributed by atoms with Crippen LogP contribution < -0.4 is 10.2 Å². The number of anilines is 1. The first-order valence-electron chi connectivity index (χ1n) is 7.78. The van der Waals surface area contributed by atoms with Crippen molar-refractivity contribution in [3.63, 3.8) is 0 Å². The van der Waals surface area contributed by atoms with E-state index < -0.39 is 0 Å². The summed E-state index contributed by atoms with van der Waals surface area (Å²) >= 11 is 5.07. The standard InChI is InChI=1S/C15H24BrN5OS/c1-10(2)18-14(22)11(3)20-5-7-21(8-6-20)13-12(16)9-17-15(19-13)23-4/h9-11H,5-8H2,1-4H3,(H,18,22). The van der Waals surface area contributed by atoms with Crippen molar-refractivity contribution in [2.24, 2.45) is 0 Å². The molecule has 128 valence electrons. The van der Waals surface area contributed by atoms with Crippen molar-refractivity contribution < 1.29 is 4.79 Å². The molecule has 2 rings (SSSR count). The monoisotopic (exact) mass is 401 g/mol. The summed E-state index contributed by atoms with van der Waals surface area (Å²) in [5.74, 6) is 1.03. The summed E-state index contributed by atoms with van der Waals surface area (Å²) in [4.78, 5) is 25.5. The molecule has 0 spiro atoms. The van der Waals surface area contributed by atoms with Gasteiger partial charge >= 0.3 is 0 Å². The zero-order valence-electron chi connectivity index (χ0n) is 14.0. The van der Waals surface area contributed by atoms with Gasteiger partial charge in [-0.1, -0.05) is 11.8 Å². The molecule has 1 aromatic rings. The molecule has 1 saturated heterocycles. The van der Waals surface area contributed by atoms with Crippen LogP contribution in [0.15, 0.2) is 15.8 Å². The van der Waals surface area contributed by atoms with E-state index in [-0.39, 0.29) is 18.0 Å². The molecule has 0 aromatic carbocycles. The second-order valence-electron chi connectivity index (χ2n) is 5.89. The topological polar surface area (TPSA) is 61.4 Å². The highest BCUT2D eigenvalue weighted by atomic mass is 79.9. The third-order valence-corrected chi connectivity index (χ3v) is 4.98. The van der Waals surface area contributed by atoms with Gasteiger partial charge in [-0.3, -0.25) is 9.69 Å². The second kappa shape index (κ2) is 8.30. The molecule has 1 N–H and O–H groups in total. The molecular formula is C15H24BrN5OS. The first-order chi connectivity index (χ1) is 10.9. The lowest BCUT2D eigenvalue weighted by molar-refractivity contribution is -0.126. The maximum atomic E-state index is 12.1. The van der Waals surface area contributed by atoms with Crippen LogP contribution in [0.3, 0.4) is 0 Å². The van der Waals surface area contributed by atoms with E-state index in [2.05, 4.69) is 41.0 Å². The van der Waals surface area contributed by atoms with Crippen LogP contribution in [0.2, 0.25) is 0 Å². The first kappa shape index (κ1) is 18.5. The van der Waals surface area contributed by atoms with Gasteiger partial charge < -0.3 is 10.2 Å². The number of carbonyl (C=O) groups excluding carboxylic acids is 1. The molecule has 1 aliphatic heterocycles. The molecule has 8 heteroatoms. The van der Waals surface area contributed by atoms with Crippen LogP contribution in [-0.2, 0) is 4.79 Å². The molecule has 1 amide bonds. The molecule has 6 nitrogen and oxygen atoms in total. The lowest BCUT2D eigenvalue weighted by Crippen LogP contribution is -2.54. The lowest BCUT2D eigenvalue weighted by atomic mass is 10.2. The smallest absolute Gasteiger partial charge is 0.237 e. The fourth-order valence-electron chi connectivity index (χ4n) is 2.55. The predicted octanol–water partition coefficient (Wildman–Crippen LogP) is 2.00. The molecule has 1 aromatic heterocycles. The maximum absolute atomic E-state index is 12.1. The molecule has 1 fully saturated rings. The number of nitrogens with one attached hydrogen (secondary N) is 1. The summed E-state index contributed by atoms with van der Waals surface area (Å²) in [5, 5.41) is 3.76. The minimum atomic E-state index is -0.102. The number of aromatic nitrogens is 2. The zero-order chi connectivity index (χ0) is 17.0. The van der Waals surface area contributed by atoms with Gasteiger partial charge in [-0.25, -0.2) is 9.97 Å². The Hall–Kier alpha value is -0.860. The number of hydrogen-bond donors (Lipinski definition) is 1. The van der Waals surface area contributed by atoms with Gasteiger partial charge in [0, 0.05) is 38.4 Å². The summed E-state index contributed by atoms with van der Waals surface area (Å²) in [5.41, 5.74) is 0. The summed E-state index contributed by atoms with van der Waals surface area (Å²) < 4.78 is 0.911. The molecular weight excluding hydrogens is 378 g/mol. The molecule has 0 aliphatic carbocycles. The Bertz CT molecular complexity index is 549. The maximum Gasteiger partial charge on any atom is 0.237 e. The van der Waals surface area contributed by atoms with Crippen molar-refractivity contribution in [1.29, 1.82) is 0 Å². The predicted molar refractivity (Wildman–Crippen MR) is 98.0 cm³/mol. The van der Waals surface area contributed by atoms with Gasteiger partial charge in [0.1, 0.15) is 5.82 Å². The summed E-state index contributed by atoms with van der Waals surface area (Å²) in [6.45, 7) is 9.33. The fraction of sp³-hybridized carbons (Fsp3) is 0.667. The van der Waals surface area contributed by atoms with Crippen LogP contribution in [0, 0.1) is 0 Å². The first-order valence-corrected chi connectivity index (χ1v) is 9.80. The minimum absolute atomic E-state index is 0.0985. The summed E-state index contributed by atoms with van der Waals surface area (Å²) in [6.07, 6.45) is 3.78. The van der Waals surface area contributed by atoms with E-state index in [1.165, 1.54) is 11.8 Å². The molecule has 0 saturated carbocycles. The van der Waals surface area contributed by atoms with Gasteiger partial charge in [0.2, 0.25) is 5.91 Å². The molecule has 1 atom stereocenters. The van der Waals surface area contributed by atoms with Crippen molar-refractivity contribution in [1.82, 2.24) is 20.2 Å². The van der Waals surface area contributed by atoms with Gasteiger partial charge in [0.05, 0.1) is 10.5 Å². The van der Waals surface area contributed by atoms with E-state index >= 15 is 0 Å². The molecule has 2 heterocycles. The second-order valence-corrected chi connectivity index (χ2v) is 7.52. The van der Waals surface area contributed by atoms with Gasteiger partial charge in [-0.05, 0) is 43.0 Å². The van der Waals surface area contributed by atoms with E-state index in [0.29, 0.717) is 0 Å². The highest BCUT2D eigenvalue weighted by molar-refractivity contribution is 9.10. The SMILES string of the molecule is CSc1ncc(Br)c(N2CCN(C(C)C(=O)NC(C)C)CC2)n1. The lowest BCUT2D eigenvalue weighted by Gasteiger charge is -2.38. The van der Waals surface area contributed by atoms with Gasteiger partial charge in [0.15, 0.2) is 5.16 Å². The Morgan fingerprint density at radius 1 is 1.30 bits per heavy atom. The van der Waals surface area contributed by atoms with Gasteiger partial charge in [-0.2, -0.15) is 0 Å². The summed E-state index contributed by atoms with van der Waals surface area (Å²) in [6, 6.07) is 0.0725. The van der Waals surface area contributed by atoms with Gasteiger partial charge in [-0.15, -0.1) is 0 Å². The Kier molecular flexibility index (Phi) is 6.67. The van der Waals surface area contributed by atoms with Crippen molar-refractivity contribution in [3.8, 4) is 0 Å². The molecule has 0 radical (unpaired) electrons. The van der Waals surface area contributed by atoms with E-state index in [9.17, 15) is 4.79 Å². The number of nitrogens with zero attached hydrogens (tertiary/aromatic N) is 4. The third-order valence-electron chi connectivity index (χ3n) is 3.86. The zero-order valence-corrected chi connectivity index (χ0v) is 16.4. The van der Waals surface area contributed by atoms with Crippen LogP contribution >= 0.6 is 27.7 Å². The minimum Gasteiger partial charge on any atom is -0.353 e. The third kappa shape index (κ3) is 4.81. The number of hydrogen-bond acceptors (Lipinski definition) is 6. The molecule has 23 heavy (non-hydrogen) atoms. The quantitative estimate of drug-likeness (QED) is 0.601. The number of thioether (sulfide) groups is 1. The number of carbonyl (C=O) groups is 1. The Labute approximate surface area is 150 Å². The Balaban J connectivity index is 1.97. The van der Waals surface area contributed by atoms with Crippen LogP contribution in [-0.4, -0.2) is 65.3 Å². The van der Waals surface area contributed by atoms with E-state index in [0.717, 1.165) is 41.6 Å². The number of rotatable bonds is 5. The largest absolute Gasteiger partial charge is 0.353 e. The number of amides is 1. The van der Waals surface area contributed by atoms with Crippen LogP contribution in [0.5, 0.6) is 0 Å². The van der Waals surface area contributed by atoms with Crippen LogP contribution in [0.4, 0.5) is 5.82 Å². The van der Waals surface area contributed by atoms with Crippen LogP contribution in [0.25, 0.3) is 0 Å². The van der Waals surface area contributed by atoms with Crippen LogP contribution in [0.1, 0.15) is 20.8 Å². The molecule has 1 aliphatic rings. The number of halogens is 1. The average molecular weight is 402 g/mol. The van der Waals surface area contributed by atoms with E-state index in [1.54, 1.807) is 6.20 Å². The highest BCUT2D eigenvalue weighted by Crippen LogP contribution is 2.26. The van der Waals surface area contributed by atoms with Crippen molar-refractivity contribution in [2.45, 2.75) is 38.0 Å². The van der Waals surface area contributed by atoms with E-state index in [1.807, 2.05) is 27.0 Å². The fourth-order valence-corrected chi connectivity index (χ4v) is 3.33. The summed E-state index contributed by atoms with van der Waals surface area (Å²) in [7, 11) is 0. The molecule has 1 unspecified atom stereocenters. The highest BCUT2D eigenvalue weighted by Gasteiger charge is 2.27. The normalized spacial score (nSPS) is 17.4. The Morgan fingerprint density at radius 2 is 1.96 bits per heavy atom. The Morgan fingerprint density at radius 3 is 2.52 bits per heavy atom.